The van der Waals surface area contributed by atoms with Crippen LogP contribution in [0.15, 0.2) is 0 Å². The quantitative estimate of drug-likeness (QED) is 0.426. The summed E-state index contributed by atoms with van der Waals surface area (Å²) in [4.78, 5) is 0. The molecule has 0 aromatic heterocycles. The molecule has 0 aromatic carbocycles. The normalized spacial score (nSPS) is 47.8. The predicted octanol–water partition coefficient (Wildman–Crippen LogP) is 9.47. The Morgan fingerprint density at radius 3 is 1.27 bits per heavy atom. The zero-order valence-electron chi connectivity index (χ0n) is 21.1. The highest BCUT2D eigenvalue weighted by atomic mass is 19.1. The lowest BCUT2D eigenvalue weighted by Crippen LogP contribution is -2.42. The molecule has 0 bridgehead atoms. The van der Waals surface area contributed by atoms with Gasteiger partial charge in [0.1, 0.15) is 6.17 Å². The molecule has 0 aliphatic heterocycles. The Labute approximate surface area is 188 Å². The highest BCUT2D eigenvalue weighted by molar-refractivity contribution is 4.94. The van der Waals surface area contributed by atoms with Crippen molar-refractivity contribution in [2.45, 2.75) is 131 Å². The summed E-state index contributed by atoms with van der Waals surface area (Å²) in [6, 6.07) is 0. The second-order valence-electron chi connectivity index (χ2n) is 11.9. The minimum atomic E-state index is -0.518. The van der Waals surface area contributed by atoms with Crippen molar-refractivity contribution in [3.05, 3.63) is 0 Å². The third-order valence-corrected chi connectivity index (χ3v) is 10.2. The molecular weight excluding hydrogens is 367 g/mol. The zero-order valence-corrected chi connectivity index (χ0v) is 21.1. The van der Waals surface area contributed by atoms with E-state index in [0.29, 0.717) is 23.7 Å². The Bertz CT molecular complexity index is 463. The van der Waals surface area contributed by atoms with E-state index in [4.69, 9.17) is 0 Å². The molecule has 30 heavy (non-hydrogen) atoms. The van der Waals surface area contributed by atoms with Crippen molar-refractivity contribution in [2.75, 3.05) is 0 Å². The molecule has 0 radical (unpaired) electrons. The Morgan fingerprint density at radius 2 is 0.767 bits per heavy atom. The van der Waals surface area contributed by atoms with Crippen molar-refractivity contribution >= 4 is 0 Å². The number of hydrogen-bond donors (Lipinski definition) is 0. The van der Waals surface area contributed by atoms with Crippen LogP contribution in [-0.4, -0.2) is 6.17 Å². The molecule has 0 saturated heterocycles. The van der Waals surface area contributed by atoms with Crippen LogP contribution in [-0.2, 0) is 0 Å². The third-order valence-electron chi connectivity index (χ3n) is 10.2. The first-order valence-electron chi connectivity index (χ1n) is 14.2. The first-order chi connectivity index (χ1) is 14.5. The second kappa shape index (κ2) is 11.7. The van der Waals surface area contributed by atoms with Crippen molar-refractivity contribution in [1.82, 2.24) is 0 Å². The summed E-state index contributed by atoms with van der Waals surface area (Å²) in [6.07, 6.45) is 18.9. The standard InChI is InChI=1S/C27H47F.C2H6/c1-18-4-8-21(9-5-18)22-12-14-24(15-13-22)26-17-16-25(20(3)27(26)28)23-10-6-19(2)7-11-23;1-2/h18-27H,4-17H2,1-3H3;1-2H3. The van der Waals surface area contributed by atoms with Crippen molar-refractivity contribution in [2.24, 2.45) is 53.3 Å². The van der Waals surface area contributed by atoms with Gasteiger partial charge in [0.25, 0.3) is 0 Å². The smallest absolute Gasteiger partial charge is 0.106 e. The van der Waals surface area contributed by atoms with E-state index in [1.54, 1.807) is 0 Å². The minimum absolute atomic E-state index is 0.315. The van der Waals surface area contributed by atoms with E-state index >= 15 is 4.39 Å². The SMILES string of the molecule is CC.CC1CCC(C2CCC(C3CCC(C4CCC(C)CC4)C(C)C3F)CC2)CC1. The van der Waals surface area contributed by atoms with Crippen molar-refractivity contribution in [3.8, 4) is 0 Å². The Morgan fingerprint density at radius 1 is 0.433 bits per heavy atom. The Kier molecular flexibility index (Phi) is 9.58. The van der Waals surface area contributed by atoms with Crippen molar-refractivity contribution in [1.29, 1.82) is 0 Å². The largest absolute Gasteiger partial charge is 0.247 e. The number of hydrogen-bond acceptors (Lipinski definition) is 0. The molecule has 0 spiro atoms. The van der Waals surface area contributed by atoms with Crippen LogP contribution in [0.3, 0.4) is 0 Å². The van der Waals surface area contributed by atoms with Crippen LogP contribution in [0.1, 0.15) is 125 Å². The molecule has 1 heteroatoms. The minimum Gasteiger partial charge on any atom is -0.247 e. The van der Waals surface area contributed by atoms with Crippen LogP contribution in [0.4, 0.5) is 4.39 Å². The van der Waals surface area contributed by atoms with Crippen LogP contribution in [0.25, 0.3) is 0 Å². The van der Waals surface area contributed by atoms with E-state index in [0.717, 1.165) is 29.6 Å². The average molecular weight is 421 g/mol. The van der Waals surface area contributed by atoms with Gasteiger partial charge in [-0.2, -0.15) is 0 Å². The van der Waals surface area contributed by atoms with Crippen LogP contribution < -0.4 is 0 Å². The fourth-order valence-corrected chi connectivity index (χ4v) is 8.11. The molecule has 4 unspecified atom stereocenters. The van der Waals surface area contributed by atoms with Crippen molar-refractivity contribution in [3.63, 3.8) is 0 Å². The van der Waals surface area contributed by atoms with Gasteiger partial charge in [-0.15, -0.1) is 0 Å². The number of alkyl halides is 1. The molecular formula is C29H53F. The summed E-state index contributed by atoms with van der Waals surface area (Å²) in [6.45, 7) is 11.1. The summed E-state index contributed by atoms with van der Waals surface area (Å²) in [5.41, 5.74) is 0. The van der Waals surface area contributed by atoms with Crippen LogP contribution in [0, 0.1) is 53.3 Å². The van der Waals surface area contributed by atoms with Gasteiger partial charge in [-0.05, 0) is 117 Å². The van der Waals surface area contributed by atoms with E-state index in [2.05, 4.69) is 20.8 Å². The lowest BCUT2D eigenvalue weighted by Gasteiger charge is -2.47. The highest BCUT2D eigenvalue weighted by Crippen LogP contribution is 2.50. The summed E-state index contributed by atoms with van der Waals surface area (Å²) in [5.74, 6) is 6.76. The monoisotopic (exact) mass is 420 g/mol. The van der Waals surface area contributed by atoms with E-state index in [1.807, 2.05) is 13.8 Å². The zero-order chi connectivity index (χ0) is 21.7. The van der Waals surface area contributed by atoms with Crippen molar-refractivity contribution < 1.29 is 4.39 Å². The summed E-state index contributed by atoms with van der Waals surface area (Å²) < 4.78 is 15.6. The first kappa shape index (κ1) is 24.6. The fraction of sp³-hybridized carbons (Fsp3) is 1.00. The molecule has 0 nitrogen and oxygen atoms in total. The maximum atomic E-state index is 15.6. The Balaban J connectivity index is 0.00000124. The van der Waals surface area contributed by atoms with Crippen LogP contribution >= 0.6 is 0 Å². The average Bonchev–Trinajstić information content (AvgIpc) is 2.78. The Hall–Kier alpha value is -0.0700. The molecule has 4 aliphatic carbocycles. The summed E-state index contributed by atoms with van der Waals surface area (Å²) in [5, 5.41) is 0. The molecule has 0 heterocycles. The first-order valence-corrected chi connectivity index (χ1v) is 14.2. The van der Waals surface area contributed by atoms with E-state index in [-0.39, 0.29) is 0 Å². The molecule has 4 atom stereocenters. The van der Waals surface area contributed by atoms with Gasteiger partial charge in [0, 0.05) is 0 Å². The van der Waals surface area contributed by atoms with Gasteiger partial charge in [-0.1, -0.05) is 60.3 Å². The van der Waals surface area contributed by atoms with Crippen LogP contribution in [0.5, 0.6) is 0 Å². The molecule has 4 aliphatic rings. The van der Waals surface area contributed by atoms with Gasteiger partial charge in [0.05, 0.1) is 0 Å². The highest BCUT2D eigenvalue weighted by Gasteiger charge is 2.44. The van der Waals surface area contributed by atoms with Gasteiger partial charge in [0.2, 0.25) is 0 Å². The fourth-order valence-electron chi connectivity index (χ4n) is 8.11. The van der Waals surface area contributed by atoms with Gasteiger partial charge in [0.15, 0.2) is 0 Å². The van der Waals surface area contributed by atoms with E-state index < -0.39 is 6.17 Å². The molecule has 4 rings (SSSR count). The molecule has 4 fully saturated rings. The lowest BCUT2D eigenvalue weighted by molar-refractivity contribution is -0.0149. The second-order valence-corrected chi connectivity index (χ2v) is 11.9. The predicted molar refractivity (Wildman–Crippen MR) is 129 cm³/mol. The van der Waals surface area contributed by atoms with E-state index in [1.165, 1.54) is 89.9 Å². The molecule has 176 valence electrons. The molecule has 0 amide bonds. The van der Waals surface area contributed by atoms with Gasteiger partial charge < -0.3 is 0 Å². The summed E-state index contributed by atoms with van der Waals surface area (Å²) in [7, 11) is 0. The topological polar surface area (TPSA) is 0 Å². The van der Waals surface area contributed by atoms with Gasteiger partial charge >= 0.3 is 0 Å². The molecule has 4 saturated carbocycles. The summed E-state index contributed by atoms with van der Waals surface area (Å²) >= 11 is 0. The number of halogens is 1. The van der Waals surface area contributed by atoms with Gasteiger partial charge in [-0.3, -0.25) is 0 Å². The van der Waals surface area contributed by atoms with Gasteiger partial charge in [-0.25, -0.2) is 4.39 Å². The maximum Gasteiger partial charge on any atom is 0.106 e. The number of rotatable bonds is 3. The molecule has 0 N–H and O–H groups in total. The lowest BCUT2D eigenvalue weighted by atomic mass is 9.60. The van der Waals surface area contributed by atoms with Crippen LogP contribution in [0.2, 0.25) is 0 Å². The van der Waals surface area contributed by atoms with E-state index in [9.17, 15) is 0 Å². The maximum absolute atomic E-state index is 15.6. The molecule has 0 aromatic rings. The third kappa shape index (κ3) is 5.83.